The van der Waals surface area contributed by atoms with Gasteiger partial charge in [-0.1, -0.05) is 26.7 Å². The van der Waals surface area contributed by atoms with E-state index < -0.39 is 0 Å². The number of rotatable bonds is 2. The number of carbonyl (C=O) groups excluding carboxylic acids is 1. The van der Waals surface area contributed by atoms with Crippen molar-refractivity contribution in [3.8, 4) is 0 Å². The van der Waals surface area contributed by atoms with Crippen molar-refractivity contribution in [1.29, 1.82) is 0 Å². The molecule has 1 heterocycles. The second-order valence-electron chi connectivity index (χ2n) is 6.19. The van der Waals surface area contributed by atoms with E-state index in [1.807, 2.05) is 0 Å². The van der Waals surface area contributed by atoms with Crippen LogP contribution in [0.2, 0.25) is 0 Å². The van der Waals surface area contributed by atoms with Crippen LogP contribution in [0.25, 0.3) is 0 Å². The van der Waals surface area contributed by atoms with E-state index in [1.54, 1.807) is 0 Å². The first-order valence-electron chi connectivity index (χ1n) is 7.28. The van der Waals surface area contributed by atoms with E-state index in [0.717, 1.165) is 19.3 Å². The zero-order valence-corrected chi connectivity index (χ0v) is 11.0. The number of amides is 1. The van der Waals surface area contributed by atoms with Gasteiger partial charge >= 0.3 is 0 Å². The van der Waals surface area contributed by atoms with E-state index in [-0.39, 0.29) is 5.54 Å². The van der Waals surface area contributed by atoms with Gasteiger partial charge in [0.1, 0.15) is 0 Å². The molecule has 1 aliphatic heterocycles. The Bertz CT molecular complexity index is 324. The van der Waals surface area contributed by atoms with Crippen molar-refractivity contribution in [2.45, 2.75) is 76.5 Å². The van der Waals surface area contributed by atoms with Crippen LogP contribution in [0, 0.1) is 5.92 Å². The highest BCUT2D eigenvalue weighted by molar-refractivity contribution is 5.92. The molecule has 3 heteroatoms. The zero-order chi connectivity index (χ0) is 12.0. The van der Waals surface area contributed by atoms with Gasteiger partial charge in [-0.05, 0) is 38.0 Å². The normalized spacial score (nSPS) is 40.0. The Morgan fingerprint density at radius 3 is 2.65 bits per heavy atom. The van der Waals surface area contributed by atoms with Gasteiger partial charge in [-0.25, -0.2) is 0 Å². The number of hydrogen-bond donors (Lipinski definition) is 1. The minimum atomic E-state index is -0.127. The standard InChI is InChI=1S/C14H24N2O/c1-3-12-15-14(8-9-14)13(17)16(12)11-7-5-4-6-10(11)2/h10-12,15H,3-9H2,1-2H3. The first kappa shape index (κ1) is 11.5. The molecule has 1 saturated heterocycles. The van der Waals surface area contributed by atoms with Crippen LogP contribution in [-0.4, -0.2) is 28.6 Å². The average Bonchev–Trinajstić information content (AvgIpc) is 3.05. The molecular weight excluding hydrogens is 212 g/mol. The van der Waals surface area contributed by atoms with Gasteiger partial charge in [0.15, 0.2) is 0 Å². The summed E-state index contributed by atoms with van der Waals surface area (Å²) in [6.45, 7) is 4.51. The first-order valence-corrected chi connectivity index (χ1v) is 7.28. The van der Waals surface area contributed by atoms with Gasteiger partial charge in [0.2, 0.25) is 5.91 Å². The molecule has 2 aliphatic carbocycles. The molecule has 3 atom stereocenters. The number of carbonyl (C=O) groups is 1. The predicted molar refractivity (Wildman–Crippen MR) is 67.4 cm³/mol. The summed E-state index contributed by atoms with van der Waals surface area (Å²) >= 11 is 0. The van der Waals surface area contributed by atoms with Gasteiger partial charge in [0, 0.05) is 6.04 Å². The second-order valence-corrected chi connectivity index (χ2v) is 6.19. The molecular formula is C14H24N2O. The monoisotopic (exact) mass is 236 g/mol. The Kier molecular flexibility index (Phi) is 2.69. The van der Waals surface area contributed by atoms with Crippen LogP contribution in [0.5, 0.6) is 0 Å². The van der Waals surface area contributed by atoms with E-state index in [4.69, 9.17) is 0 Å². The fraction of sp³-hybridized carbons (Fsp3) is 0.929. The molecule has 1 N–H and O–H groups in total. The molecule has 0 aromatic heterocycles. The van der Waals surface area contributed by atoms with Gasteiger partial charge in [-0.15, -0.1) is 0 Å². The highest BCUT2D eigenvalue weighted by Crippen LogP contribution is 2.45. The van der Waals surface area contributed by atoms with Gasteiger partial charge in [-0.2, -0.15) is 0 Å². The second kappa shape index (κ2) is 3.98. The third-order valence-electron chi connectivity index (χ3n) is 4.98. The smallest absolute Gasteiger partial charge is 0.244 e. The van der Waals surface area contributed by atoms with Crippen molar-refractivity contribution in [3.63, 3.8) is 0 Å². The van der Waals surface area contributed by atoms with Crippen molar-refractivity contribution < 1.29 is 4.79 Å². The molecule has 0 bridgehead atoms. The van der Waals surface area contributed by atoms with Crippen LogP contribution in [0.3, 0.4) is 0 Å². The summed E-state index contributed by atoms with van der Waals surface area (Å²) in [5, 5.41) is 3.59. The molecule has 3 nitrogen and oxygen atoms in total. The Balaban J connectivity index is 1.82. The predicted octanol–water partition coefficient (Wildman–Crippen LogP) is 2.27. The molecule has 0 radical (unpaired) electrons. The Hall–Kier alpha value is -0.570. The summed E-state index contributed by atoms with van der Waals surface area (Å²) in [6, 6.07) is 0.494. The van der Waals surface area contributed by atoms with Gasteiger partial charge in [0.25, 0.3) is 0 Å². The minimum Gasteiger partial charge on any atom is -0.322 e. The van der Waals surface area contributed by atoms with Crippen LogP contribution < -0.4 is 5.32 Å². The molecule has 0 aromatic carbocycles. The summed E-state index contributed by atoms with van der Waals surface area (Å²) in [4.78, 5) is 14.8. The maximum atomic E-state index is 12.6. The maximum Gasteiger partial charge on any atom is 0.244 e. The van der Waals surface area contributed by atoms with E-state index in [0.29, 0.717) is 24.0 Å². The summed E-state index contributed by atoms with van der Waals surface area (Å²) in [7, 11) is 0. The van der Waals surface area contributed by atoms with E-state index in [9.17, 15) is 4.79 Å². The van der Waals surface area contributed by atoms with Crippen molar-refractivity contribution in [2.75, 3.05) is 0 Å². The van der Waals surface area contributed by atoms with Crippen molar-refractivity contribution in [3.05, 3.63) is 0 Å². The Morgan fingerprint density at radius 2 is 2.06 bits per heavy atom. The lowest BCUT2D eigenvalue weighted by Gasteiger charge is -2.39. The summed E-state index contributed by atoms with van der Waals surface area (Å²) in [5.41, 5.74) is -0.127. The molecule has 1 spiro atoms. The molecule has 96 valence electrons. The topological polar surface area (TPSA) is 32.3 Å². The number of nitrogens with zero attached hydrogens (tertiary/aromatic N) is 1. The average molecular weight is 236 g/mol. The Labute approximate surface area is 104 Å². The SMILES string of the molecule is CCC1NC2(CC2)C(=O)N1C1CCCCC1C. The molecule has 3 aliphatic rings. The summed E-state index contributed by atoms with van der Waals surface area (Å²) in [5.74, 6) is 1.08. The third kappa shape index (κ3) is 1.70. The van der Waals surface area contributed by atoms with Gasteiger partial charge in [-0.3, -0.25) is 10.1 Å². The van der Waals surface area contributed by atoms with Crippen LogP contribution >= 0.6 is 0 Å². The number of hydrogen-bond acceptors (Lipinski definition) is 2. The first-order chi connectivity index (χ1) is 8.18. The lowest BCUT2D eigenvalue weighted by molar-refractivity contribution is -0.134. The largest absolute Gasteiger partial charge is 0.322 e. The lowest BCUT2D eigenvalue weighted by Crippen LogP contribution is -2.48. The van der Waals surface area contributed by atoms with Gasteiger partial charge < -0.3 is 4.90 Å². The van der Waals surface area contributed by atoms with Gasteiger partial charge in [0.05, 0.1) is 11.7 Å². The molecule has 1 amide bonds. The van der Waals surface area contributed by atoms with Crippen molar-refractivity contribution in [1.82, 2.24) is 10.2 Å². The van der Waals surface area contributed by atoms with E-state index >= 15 is 0 Å². The fourth-order valence-electron chi connectivity index (χ4n) is 3.71. The highest BCUT2D eigenvalue weighted by atomic mass is 16.2. The fourth-order valence-corrected chi connectivity index (χ4v) is 3.71. The molecule has 3 fully saturated rings. The van der Waals surface area contributed by atoms with Crippen LogP contribution in [-0.2, 0) is 4.79 Å². The highest BCUT2D eigenvalue weighted by Gasteiger charge is 2.60. The molecule has 3 rings (SSSR count). The van der Waals surface area contributed by atoms with Crippen LogP contribution in [0.1, 0.15) is 58.8 Å². The van der Waals surface area contributed by atoms with Crippen molar-refractivity contribution in [2.24, 2.45) is 5.92 Å². The molecule has 17 heavy (non-hydrogen) atoms. The zero-order valence-electron chi connectivity index (χ0n) is 11.0. The molecule has 2 saturated carbocycles. The van der Waals surface area contributed by atoms with Crippen LogP contribution in [0.15, 0.2) is 0 Å². The minimum absolute atomic E-state index is 0.127. The third-order valence-corrected chi connectivity index (χ3v) is 4.98. The summed E-state index contributed by atoms with van der Waals surface area (Å²) < 4.78 is 0. The quantitative estimate of drug-likeness (QED) is 0.797. The maximum absolute atomic E-state index is 12.6. The molecule has 3 unspecified atom stereocenters. The van der Waals surface area contributed by atoms with Crippen molar-refractivity contribution >= 4 is 5.91 Å². The van der Waals surface area contributed by atoms with E-state index in [2.05, 4.69) is 24.1 Å². The molecule has 0 aromatic rings. The summed E-state index contributed by atoms with van der Waals surface area (Å²) in [6.07, 6.45) is 8.59. The number of nitrogens with one attached hydrogen (secondary N) is 1. The lowest BCUT2D eigenvalue weighted by atomic mass is 9.84. The Morgan fingerprint density at radius 1 is 1.35 bits per heavy atom. The van der Waals surface area contributed by atoms with E-state index in [1.165, 1.54) is 25.7 Å². The van der Waals surface area contributed by atoms with Crippen LogP contribution in [0.4, 0.5) is 0 Å².